The molecule has 198 valence electrons. The molecule has 4 amide bonds. The monoisotopic (exact) mass is 507 g/mol. The van der Waals surface area contributed by atoms with Crippen LogP contribution >= 0.6 is 0 Å². The molecule has 0 saturated carbocycles. The van der Waals surface area contributed by atoms with Gasteiger partial charge in [0.2, 0.25) is 11.8 Å². The lowest BCUT2D eigenvalue weighted by Gasteiger charge is -2.55. The maximum atomic E-state index is 13.5. The fraction of sp³-hybridized carbons (Fsp3) is 0.464. The van der Waals surface area contributed by atoms with Crippen molar-refractivity contribution >= 4 is 17.8 Å². The lowest BCUT2D eigenvalue weighted by molar-refractivity contribution is -0.190. The number of nitrogens with one attached hydrogen (secondary N) is 1. The number of hydrazine groups is 1. The zero-order valence-corrected chi connectivity index (χ0v) is 21.7. The number of urea groups is 1. The van der Waals surface area contributed by atoms with Gasteiger partial charge in [0.15, 0.2) is 0 Å². The SMILES string of the molecule is CCC[C@H]1C(=O)N(CCOCc2ccccc2)C[C@H]2N1C(=O)CN(CC)N2C(=O)NCc1ccccc1. The molecule has 4 rings (SSSR count). The number of nitrogens with zero attached hydrogens (tertiary/aromatic N) is 4. The van der Waals surface area contributed by atoms with Crippen LogP contribution in [0.3, 0.4) is 0 Å². The third kappa shape index (κ3) is 6.29. The molecule has 2 atom stereocenters. The highest BCUT2D eigenvalue weighted by Gasteiger charge is 2.50. The Hall–Kier alpha value is -3.43. The predicted molar refractivity (Wildman–Crippen MR) is 140 cm³/mol. The number of piperazine rings is 1. The fourth-order valence-corrected chi connectivity index (χ4v) is 5.01. The average Bonchev–Trinajstić information content (AvgIpc) is 2.92. The number of rotatable bonds is 10. The highest BCUT2D eigenvalue weighted by atomic mass is 16.5. The van der Waals surface area contributed by atoms with Crippen LogP contribution in [0.15, 0.2) is 60.7 Å². The minimum Gasteiger partial charge on any atom is -0.375 e. The van der Waals surface area contributed by atoms with Crippen molar-refractivity contribution in [2.45, 2.75) is 52.0 Å². The van der Waals surface area contributed by atoms with E-state index < -0.39 is 12.2 Å². The van der Waals surface area contributed by atoms with Crippen LogP contribution in [-0.2, 0) is 27.5 Å². The number of hydrogen-bond acceptors (Lipinski definition) is 5. The van der Waals surface area contributed by atoms with E-state index in [1.54, 1.807) is 19.8 Å². The topological polar surface area (TPSA) is 85.4 Å². The lowest BCUT2D eigenvalue weighted by Crippen LogP contribution is -2.76. The third-order valence-electron chi connectivity index (χ3n) is 6.87. The Morgan fingerprint density at radius 3 is 2.32 bits per heavy atom. The lowest BCUT2D eigenvalue weighted by atomic mass is 10.0. The van der Waals surface area contributed by atoms with Crippen molar-refractivity contribution in [1.29, 1.82) is 0 Å². The van der Waals surface area contributed by atoms with Crippen molar-refractivity contribution in [3.8, 4) is 0 Å². The summed E-state index contributed by atoms with van der Waals surface area (Å²) in [6.45, 7) is 6.35. The van der Waals surface area contributed by atoms with Gasteiger partial charge in [-0.3, -0.25) is 9.59 Å². The van der Waals surface area contributed by atoms with Crippen molar-refractivity contribution < 1.29 is 19.1 Å². The van der Waals surface area contributed by atoms with Gasteiger partial charge >= 0.3 is 6.03 Å². The summed E-state index contributed by atoms with van der Waals surface area (Å²) >= 11 is 0. The summed E-state index contributed by atoms with van der Waals surface area (Å²) < 4.78 is 5.85. The Kier molecular flexibility index (Phi) is 9.14. The molecule has 0 aliphatic carbocycles. The van der Waals surface area contributed by atoms with Gasteiger partial charge in [-0.05, 0) is 17.5 Å². The van der Waals surface area contributed by atoms with Gasteiger partial charge in [0.1, 0.15) is 12.2 Å². The number of carbonyl (C=O) groups excluding carboxylic acids is 3. The Bertz CT molecular complexity index is 1050. The van der Waals surface area contributed by atoms with Crippen molar-refractivity contribution in [2.24, 2.45) is 0 Å². The number of amides is 4. The molecule has 0 spiro atoms. The first-order valence-electron chi connectivity index (χ1n) is 13.1. The van der Waals surface area contributed by atoms with E-state index in [-0.39, 0.29) is 30.9 Å². The Labute approximate surface area is 218 Å². The standard InChI is InChI=1S/C28H37N5O4/c1-3-11-24-27(35)30(16-17-37-21-23-14-9-6-10-15-23)19-25-32(24)26(34)20-31(4-2)33(25)28(36)29-18-22-12-7-5-8-13-22/h5-10,12-15,24-25H,3-4,11,16-21H2,1-2H3,(H,29,36)/t24-,25-/m0/s1. The molecule has 2 aromatic carbocycles. The molecule has 0 radical (unpaired) electrons. The van der Waals surface area contributed by atoms with E-state index in [9.17, 15) is 14.4 Å². The number of carbonyl (C=O) groups is 3. The molecule has 37 heavy (non-hydrogen) atoms. The zero-order valence-electron chi connectivity index (χ0n) is 21.7. The highest BCUT2D eigenvalue weighted by molar-refractivity contribution is 5.91. The second-order valence-electron chi connectivity index (χ2n) is 9.38. The second kappa shape index (κ2) is 12.7. The van der Waals surface area contributed by atoms with Crippen LogP contribution in [0.1, 0.15) is 37.8 Å². The van der Waals surface area contributed by atoms with E-state index in [1.807, 2.05) is 74.5 Å². The number of likely N-dealkylation sites (N-methyl/N-ethyl adjacent to an activating group) is 1. The summed E-state index contributed by atoms with van der Waals surface area (Å²) in [7, 11) is 0. The first kappa shape index (κ1) is 26.6. The molecule has 9 nitrogen and oxygen atoms in total. The van der Waals surface area contributed by atoms with Gasteiger partial charge in [0, 0.05) is 19.6 Å². The maximum absolute atomic E-state index is 13.5. The molecule has 2 aromatic rings. The van der Waals surface area contributed by atoms with Gasteiger partial charge in [-0.2, -0.15) is 0 Å². The van der Waals surface area contributed by atoms with E-state index in [0.717, 1.165) is 17.5 Å². The number of fused-ring (bicyclic) bond motifs is 1. The summed E-state index contributed by atoms with van der Waals surface area (Å²) in [5.41, 5.74) is 2.06. The quantitative estimate of drug-likeness (QED) is 0.500. The van der Waals surface area contributed by atoms with Crippen molar-refractivity contribution in [3.63, 3.8) is 0 Å². The van der Waals surface area contributed by atoms with Gasteiger partial charge in [-0.25, -0.2) is 14.8 Å². The van der Waals surface area contributed by atoms with Crippen LogP contribution in [0.2, 0.25) is 0 Å². The summed E-state index contributed by atoms with van der Waals surface area (Å²) in [5, 5.41) is 6.41. The van der Waals surface area contributed by atoms with E-state index in [0.29, 0.717) is 39.3 Å². The van der Waals surface area contributed by atoms with Crippen LogP contribution < -0.4 is 5.32 Å². The Morgan fingerprint density at radius 2 is 1.68 bits per heavy atom. The van der Waals surface area contributed by atoms with Gasteiger partial charge in [-0.15, -0.1) is 0 Å². The number of ether oxygens (including phenoxy) is 1. The molecule has 1 N–H and O–H groups in total. The molecule has 2 aliphatic rings. The van der Waals surface area contributed by atoms with Crippen LogP contribution in [0.5, 0.6) is 0 Å². The largest absolute Gasteiger partial charge is 0.375 e. The van der Waals surface area contributed by atoms with Crippen molar-refractivity contribution in [2.75, 3.05) is 32.8 Å². The normalized spacial score (nSPS) is 20.2. The van der Waals surface area contributed by atoms with E-state index in [2.05, 4.69) is 5.32 Å². The number of hydrogen-bond donors (Lipinski definition) is 1. The van der Waals surface area contributed by atoms with E-state index >= 15 is 0 Å². The Balaban J connectivity index is 1.49. The minimum atomic E-state index is -0.589. The zero-order chi connectivity index (χ0) is 26.2. The van der Waals surface area contributed by atoms with Gasteiger partial charge in [-0.1, -0.05) is 80.9 Å². The van der Waals surface area contributed by atoms with Crippen LogP contribution in [-0.4, -0.2) is 82.7 Å². The summed E-state index contributed by atoms with van der Waals surface area (Å²) in [5.74, 6) is -0.199. The fourth-order valence-electron chi connectivity index (χ4n) is 5.01. The third-order valence-corrected chi connectivity index (χ3v) is 6.87. The first-order chi connectivity index (χ1) is 18.0. The van der Waals surface area contributed by atoms with E-state index in [4.69, 9.17) is 4.74 Å². The summed E-state index contributed by atoms with van der Waals surface area (Å²) in [6, 6.07) is 18.7. The van der Waals surface area contributed by atoms with Crippen molar-refractivity contribution in [1.82, 2.24) is 25.1 Å². The second-order valence-corrected chi connectivity index (χ2v) is 9.38. The van der Waals surface area contributed by atoms with Gasteiger partial charge in [0.25, 0.3) is 0 Å². The smallest absolute Gasteiger partial charge is 0.334 e. The van der Waals surface area contributed by atoms with Gasteiger partial charge < -0.3 is 19.9 Å². The average molecular weight is 508 g/mol. The summed E-state index contributed by atoms with van der Waals surface area (Å²) in [6.07, 6.45) is 0.733. The predicted octanol–water partition coefficient (Wildman–Crippen LogP) is 2.83. The molecule has 9 heteroatoms. The van der Waals surface area contributed by atoms with Crippen LogP contribution in [0.4, 0.5) is 4.79 Å². The number of benzene rings is 2. The van der Waals surface area contributed by atoms with Crippen LogP contribution in [0.25, 0.3) is 0 Å². The maximum Gasteiger partial charge on any atom is 0.334 e. The molecule has 0 unspecified atom stereocenters. The van der Waals surface area contributed by atoms with Gasteiger partial charge in [0.05, 0.1) is 26.3 Å². The molecule has 0 aromatic heterocycles. The first-order valence-corrected chi connectivity index (χ1v) is 13.1. The molecule has 0 bridgehead atoms. The molecule has 2 saturated heterocycles. The molecular formula is C28H37N5O4. The molecular weight excluding hydrogens is 470 g/mol. The highest BCUT2D eigenvalue weighted by Crippen LogP contribution is 2.28. The molecule has 2 fully saturated rings. The van der Waals surface area contributed by atoms with Crippen LogP contribution in [0, 0.1) is 0 Å². The molecule has 2 aliphatic heterocycles. The van der Waals surface area contributed by atoms with Crippen molar-refractivity contribution in [3.05, 3.63) is 71.8 Å². The Morgan fingerprint density at radius 1 is 1.00 bits per heavy atom. The van der Waals surface area contributed by atoms with E-state index in [1.165, 1.54) is 0 Å². The summed E-state index contributed by atoms with van der Waals surface area (Å²) in [4.78, 5) is 43.6. The minimum absolute atomic E-state index is 0.0689. The molecule has 2 heterocycles.